The van der Waals surface area contributed by atoms with Crippen LogP contribution in [0.5, 0.6) is 0 Å². The standard InChI is InChI=1S/C12H16BrN3/c1-4-5-11-14-12-7-9(8(2)3)6-10(13)16(12)15-11/h6-8H,4-5H2,1-3H3. The maximum absolute atomic E-state index is 4.53. The van der Waals surface area contributed by atoms with Crippen molar-refractivity contribution in [2.75, 3.05) is 0 Å². The van der Waals surface area contributed by atoms with Gasteiger partial charge in [0.15, 0.2) is 11.5 Å². The molecule has 4 heteroatoms. The summed E-state index contributed by atoms with van der Waals surface area (Å²) in [6, 6.07) is 4.23. The minimum absolute atomic E-state index is 0.507. The van der Waals surface area contributed by atoms with Crippen molar-refractivity contribution in [3.8, 4) is 0 Å². The monoisotopic (exact) mass is 281 g/mol. The minimum atomic E-state index is 0.507. The Morgan fingerprint density at radius 1 is 1.38 bits per heavy atom. The van der Waals surface area contributed by atoms with Crippen LogP contribution in [0, 0.1) is 0 Å². The largest absolute Gasteiger partial charge is 0.212 e. The van der Waals surface area contributed by atoms with Crippen LogP contribution in [-0.4, -0.2) is 14.6 Å². The van der Waals surface area contributed by atoms with Crippen molar-refractivity contribution in [1.29, 1.82) is 0 Å². The molecule has 0 N–H and O–H groups in total. The molecule has 0 aliphatic heterocycles. The van der Waals surface area contributed by atoms with Gasteiger partial charge in [-0.05, 0) is 46.0 Å². The van der Waals surface area contributed by atoms with E-state index in [1.54, 1.807) is 0 Å². The summed E-state index contributed by atoms with van der Waals surface area (Å²) in [5, 5.41) is 4.46. The van der Waals surface area contributed by atoms with Gasteiger partial charge in [0.25, 0.3) is 0 Å². The lowest BCUT2D eigenvalue weighted by Crippen LogP contribution is -1.95. The molecular formula is C12H16BrN3. The molecule has 3 nitrogen and oxygen atoms in total. The third kappa shape index (κ3) is 2.12. The number of fused-ring (bicyclic) bond motifs is 1. The molecule has 86 valence electrons. The summed E-state index contributed by atoms with van der Waals surface area (Å²) in [6.07, 6.45) is 2.01. The summed E-state index contributed by atoms with van der Waals surface area (Å²) in [5.74, 6) is 1.43. The fourth-order valence-corrected chi connectivity index (χ4v) is 2.20. The molecule has 2 aromatic rings. The molecule has 0 spiro atoms. The lowest BCUT2D eigenvalue weighted by Gasteiger charge is -2.06. The third-order valence-electron chi connectivity index (χ3n) is 2.60. The van der Waals surface area contributed by atoms with E-state index in [0.717, 1.165) is 28.9 Å². The topological polar surface area (TPSA) is 30.2 Å². The fourth-order valence-electron chi connectivity index (χ4n) is 1.67. The Balaban J connectivity index is 2.54. The van der Waals surface area contributed by atoms with Crippen molar-refractivity contribution in [1.82, 2.24) is 14.6 Å². The predicted octanol–water partition coefficient (Wildman–Crippen LogP) is 3.57. The summed E-state index contributed by atoms with van der Waals surface area (Å²) in [7, 11) is 0. The zero-order chi connectivity index (χ0) is 11.7. The highest BCUT2D eigenvalue weighted by Crippen LogP contribution is 2.21. The summed E-state index contributed by atoms with van der Waals surface area (Å²) in [6.45, 7) is 6.50. The molecule has 0 bridgehead atoms. The quantitative estimate of drug-likeness (QED) is 0.806. The smallest absolute Gasteiger partial charge is 0.157 e. The SMILES string of the molecule is CCCc1nc2cc(C(C)C)cc(Br)n2n1. The zero-order valence-corrected chi connectivity index (χ0v) is 11.5. The van der Waals surface area contributed by atoms with E-state index in [1.807, 2.05) is 4.52 Å². The normalized spacial score (nSPS) is 11.6. The van der Waals surface area contributed by atoms with E-state index < -0.39 is 0 Å². The fraction of sp³-hybridized carbons (Fsp3) is 0.500. The van der Waals surface area contributed by atoms with Crippen LogP contribution in [0.25, 0.3) is 5.65 Å². The highest BCUT2D eigenvalue weighted by Gasteiger charge is 2.09. The van der Waals surface area contributed by atoms with Crippen molar-refractivity contribution >= 4 is 21.6 Å². The molecular weight excluding hydrogens is 266 g/mol. The van der Waals surface area contributed by atoms with Crippen LogP contribution in [0.4, 0.5) is 0 Å². The second-order valence-electron chi connectivity index (χ2n) is 4.31. The van der Waals surface area contributed by atoms with Gasteiger partial charge in [-0.25, -0.2) is 9.50 Å². The molecule has 2 rings (SSSR count). The Labute approximate surface area is 104 Å². The predicted molar refractivity (Wildman–Crippen MR) is 68.8 cm³/mol. The molecule has 0 saturated carbocycles. The summed E-state index contributed by atoms with van der Waals surface area (Å²) < 4.78 is 2.83. The molecule has 0 aromatic carbocycles. The summed E-state index contributed by atoms with van der Waals surface area (Å²) in [5.41, 5.74) is 2.22. The summed E-state index contributed by atoms with van der Waals surface area (Å²) >= 11 is 3.54. The first kappa shape index (κ1) is 11.6. The van der Waals surface area contributed by atoms with Gasteiger partial charge in [0.2, 0.25) is 0 Å². The van der Waals surface area contributed by atoms with Crippen LogP contribution in [-0.2, 0) is 6.42 Å². The molecule has 0 atom stereocenters. The van der Waals surface area contributed by atoms with Crippen LogP contribution in [0.15, 0.2) is 16.7 Å². The number of pyridine rings is 1. The number of aryl methyl sites for hydroxylation is 1. The maximum atomic E-state index is 4.53. The van der Waals surface area contributed by atoms with E-state index in [1.165, 1.54) is 5.56 Å². The van der Waals surface area contributed by atoms with Crippen molar-refractivity contribution < 1.29 is 0 Å². The van der Waals surface area contributed by atoms with Gasteiger partial charge >= 0.3 is 0 Å². The maximum Gasteiger partial charge on any atom is 0.157 e. The van der Waals surface area contributed by atoms with Crippen molar-refractivity contribution in [3.05, 3.63) is 28.1 Å². The molecule has 0 aliphatic rings. The van der Waals surface area contributed by atoms with Crippen LogP contribution in [0.1, 0.15) is 44.5 Å². The average molecular weight is 282 g/mol. The average Bonchev–Trinajstić information content (AvgIpc) is 2.61. The Kier molecular flexibility index (Phi) is 3.28. The first-order valence-electron chi connectivity index (χ1n) is 5.67. The van der Waals surface area contributed by atoms with Crippen LogP contribution in [0.2, 0.25) is 0 Å². The van der Waals surface area contributed by atoms with Crippen molar-refractivity contribution in [2.24, 2.45) is 0 Å². The van der Waals surface area contributed by atoms with Gasteiger partial charge in [-0.3, -0.25) is 0 Å². The Morgan fingerprint density at radius 3 is 2.75 bits per heavy atom. The first-order chi connectivity index (χ1) is 7.61. The Hall–Kier alpha value is -0.900. The highest BCUT2D eigenvalue weighted by atomic mass is 79.9. The first-order valence-corrected chi connectivity index (χ1v) is 6.46. The number of halogens is 1. The molecule has 2 heterocycles. The van der Waals surface area contributed by atoms with Gasteiger partial charge in [-0.1, -0.05) is 20.8 Å². The lowest BCUT2D eigenvalue weighted by molar-refractivity contribution is 0.807. The van der Waals surface area contributed by atoms with Gasteiger partial charge in [-0.2, -0.15) is 5.10 Å². The van der Waals surface area contributed by atoms with Gasteiger partial charge in [0.05, 0.1) is 0 Å². The van der Waals surface area contributed by atoms with E-state index in [9.17, 15) is 0 Å². The number of hydrogen-bond donors (Lipinski definition) is 0. The molecule has 0 unspecified atom stereocenters. The minimum Gasteiger partial charge on any atom is -0.212 e. The van der Waals surface area contributed by atoms with E-state index >= 15 is 0 Å². The van der Waals surface area contributed by atoms with Crippen molar-refractivity contribution in [2.45, 2.75) is 39.5 Å². The zero-order valence-electron chi connectivity index (χ0n) is 9.87. The van der Waals surface area contributed by atoms with Gasteiger partial charge < -0.3 is 0 Å². The van der Waals surface area contributed by atoms with Crippen LogP contribution < -0.4 is 0 Å². The van der Waals surface area contributed by atoms with E-state index in [2.05, 4.69) is 58.9 Å². The van der Waals surface area contributed by atoms with E-state index in [-0.39, 0.29) is 0 Å². The van der Waals surface area contributed by atoms with Crippen molar-refractivity contribution in [3.63, 3.8) is 0 Å². The van der Waals surface area contributed by atoms with Gasteiger partial charge in [0, 0.05) is 6.42 Å². The van der Waals surface area contributed by atoms with Gasteiger partial charge in [-0.15, -0.1) is 0 Å². The van der Waals surface area contributed by atoms with Gasteiger partial charge in [0.1, 0.15) is 4.60 Å². The molecule has 0 fully saturated rings. The number of hydrogen-bond acceptors (Lipinski definition) is 2. The molecule has 0 saturated heterocycles. The highest BCUT2D eigenvalue weighted by molar-refractivity contribution is 9.10. The van der Waals surface area contributed by atoms with Crippen LogP contribution in [0.3, 0.4) is 0 Å². The third-order valence-corrected chi connectivity index (χ3v) is 3.17. The lowest BCUT2D eigenvalue weighted by atomic mass is 10.1. The number of nitrogens with zero attached hydrogens (tertiary/aromatic N) is 3. The molecule has 16 heavy (non-hydrogen) atoms. The second kappa shape index (κ2) is 4.53. The molecule has 0 amide bonds. The Bertz CT molecular complexity index is 502. The molecule has 2 aromatic heterocycles. The van der Waals surface area contributed by atoms with E-state index in [0.29, 0.717) is 5.92 Å². The molecule has 0 aliphatic carbocycles. The molecule has 0 radical (unpaired) electrons. The number of aromatic nitrogens is 3. The van der Waals surface area contributed by atoms with E-state index in [4.69, 9.17) is 0 Å². The summed E-state index contributed by atoms with van der Waals surface area (Å²) in [4.78, 5) is 4.53. The number of rotatable bonds is 3. The van der Waals surface area contributed by atoms with Crippen LogP contribution >= 0.6 is 15.9 Å². The second-order valence-corrected chi connectivity index (χ2v) is 5.13. The Morgan fingerprint density at radius 2 is 2.12 bits per heavy atom.